The number of hydrogen-bond acceptors (Lipinski definition) is 5. The maximum absolute atomic E-state index is 5.39. The van der Waals surface area contributed by atoms with Crippen molar-refractivity contribution in [3.63, 3.8) is 0 Å². The smallest absolute Gasteiger partial charge is 0.162 e. The van der Waals surface area contributed by atoms with Gasteiger partial charge in [-0.25, -0.2) is 0 Å². The molecule has 1 aromatic rings. The van der Waals surface area contributed by atoms with E-state index in [9.17, 15) is 0 Å². The largest absolute Gasteiger partial charge is 0.497 e. The molecule has 0 saturated heterocycles. The van der Waals surface area contributed by atoms with Crippen LogP contribution < -0.4 is 20.1 Å². The lowest BCUT2D eigenvalue weighted by Gasteiger charge is -2.30. The summed E-state index contributed by atoms with van der Waals surface area (Å²) in [7, 11) is 3.33. The number of aliphatic imine (C=N–C) groups is 1. The van der Waals surface area contributed by atoms with Crippen LogP contribution in [0.5, 0.6) is 11.5 Å². The second-order valence-corrected chi connectivity index (χ2v) is 6.24. The molecule has 126 valence electrons. The van der Waals surface area contributed by atoms with Crippen LogP contribution in [-0.2, 0) is 0 Å². The van der Waals surface area contributed by atoms with Crippen LogP contribution in [0.25, 0.3) is 5.70 Å². The van der Waals surface area contributed by atoms with Crippen LogP contribution >= 0.6 is 0 Å². The predicted molar refractivity (Wildman–Crippen MR) is 93.6 cm³/mol. The molecule has 2 heterocycles. The Bertz CT molecular complexity index is 699. The molecule has 24 heavy (non-hydrogen) atoms. The maximum atomic E-state index is 5.39. The van der Waals surface area contributed by atoms with Crippen molar-refractivity contribution in [2.24, 2.45) is 10.9 Å². The van der Waals surface area contributed by atoms with Crippen molar-refractivity contribution < 1.29 is 9.47 Å². The highest BCUT2D eigenvalue weighted by Gasteiger charge is 2.32. The monoisotopic (exact) mass is 326 g/mol. The molecule has 3 aliphatic rings. The van der Waals surface area contributed by atoms with Crippen LogP contribution in [0.2, 0.25) is 0 Å². The lowest BCUT2D eigenvalue weighted by Crippen LogP contribution is -2.49. The number of ether oxygens (including phenoxy) is 2. The predicted octanol–water partition coefficient (Wildman–Crippen LogP) is 2.12. The van der Waals surface area contributed by atoms with Gasteiger partial charge in [-0.15, -0.1) is 0 Å². The number of nitrogens with one attached hydrogen (secondary N) is 2. The quantitative estimate of drug-likeness (QED) is 0.868. The first-order chi connectivity index (χ1) is 11.8. The molecule has 1 unspecified atom stereocenters. The van der Waals surface area contributed by atoms with Gasteiger partial charge in [0.2, 0.25) is 0 Å². The van der Waals surface area contributed by atoms with E-state index in [-0.39, 0.29) is 6.17 Å². The van der Waals surface area contributed by atoms with Gasteiger partial charge >= 0.3 is 0 Å². The molecule has 1 aromatic carbocycles. The number of benzene rings is 1. The second-order valence-electron chi connectivity index (χ2n) is 6.24. The van der Waals surface area contributed by atoms with Gasteiger partial charge in [0.1, 0.15) is 17.3 Å². The lowest BCUT2D eigenvalue weighted by molar-refractivity contribution is 0.393. The molecule has 1 atom stereocenters. The number of rotatable bonds is 5. The molecule has 0 spiro atoms. The topological polar surface area (TPSA) is 58.1 Å². The van der Waals surface area contributed by atoms with Crippen molar-refractivity contribution >= 4 is 11.5 Å². The average Bonchev–Trinajstić information content (AvgIpc) is 3.36. The van der Waals surface area contributed by atoms with E-state index in [4.69, 9.17) is 14.5 Å². The fraction of sp³-hybridized carbons (Fsp3) is 0.389. The van der Waals surface area contributed by atoms with Gasteiger partial charge in [0.25, 0.3) is 0 Å². The summed E-state index contributed by atoms with van der Waals surface area (Å²) >= 11 is 0. The highest BCUT2D eigenvalue weighted by molar-refractivity contribution is 5.92. The van der Waals surface area contributed by atoms with Gasteiger partial charge in [0.05, 0.1) is 19.9 Å². The third-order valence-corrected chi connectivity index (χ3v) is 4.52. The number of hydrogen-bond donors (Lipinski definition) is 2. The van der Waals surface area contributed by atoms with Crippen LogP contribution in [0.15, 0.2) is 41.8 Å². The fourth-order valence-electron chi connectivity index (χ4n) is 2.96. The molecule has 1 aliphatic carbocycles. The van der Waals surface area contributed by atoms with Crippen LogP contribution in [0.3, 0.4) is 0 Å². The minimum Gasteiger partial charge on any atom is -0.497 e. The summed E-state index contributed by atoms with van der Waals surface area (Å²) in [4.78, 5) is 6.93. The third-order valence-electron chi connectivity index (χ3n) is 4.52. The van der Waals surface area contributed by atoms with Crippen LogP contribution in [0.4, 0.5) is 0 Å². The molecular formula is C18H22N4O2. The van der Waals surface area contributed by atoms with Gasteiger partial charge in [-0.3, -0.25) is 4.99 Å². The maximum Gasteiger partial charge on any atom is 0.162 e. The zero-order valence-corrected chi connectivity index (χ0v) is 14.0. The summed E-state index contributed by atoms with van der Waals surface area (Å²) in [6, 6.07) is 5.89. The molecule has 0 amide bonds. The number of nitrogens with zero attached hydrogens (tertiary/aromatic N) is 2. The highest BCUT2D eigenvalue weighted by atomic mass is 16.5. The van der Waals surface area contributed by atoms with E-state index in [1.54, 1.807) is 14.2 Å². The minimum atomic E-state index is 0.0148. The Morgan fingerprint density at radius 1 is 1.17 bits per heavy atom. The molecule has 0 radical (unpaired) electrons. The Kier molecular flexibility index (Phi) is 3.80. The van der Waals surface area contributed by atoms with E-state index in [1.165, 1.54) is 12.8 Å². The van der Waals surface area contributed by atoms with Gasteiger partial charge in [0, 0.05) is 36.8 Å². The van der Waals surface area contributed by atoms with Gasteiger partial charge in [-0.1, -0.05) is 0 Å². The standard InChI is InChI=1S/C18H22N4O2/c1-23-14-7-13(8-15(9-14)24-2)16-11-21-18-17(19-5-6-22(16)18)20-10-12-3-4-12/h5-9,11-12,18,21H,3-4,10H2,1-2H3,(H,19,20). The van der Waals surface area contributed by atoms with Gasteiger partial charge in [0.15, 0.2) is 6.17 Å². The molecule has 2 N–H and O–H groups in total. The average molecular weight is 326 g/mol. The number of fused-ring (bicyclic) bond motifs is 1. The Morgan fingerprint density at radius 2 is 1.92 bits per heavy atom. The summed E-state index contributed by atoms with van der Waals surface area (Å²) in [6.45, 7) is 0.907. The lowest BCUT2D eigenvalue weighted by atomic mass is 10.1. The summed E-state index contributed by atoms with van der Waals surface area (Å²) in [5.41, 5.74) is 2.10. The first-order valence-electron chi connectivity index (χ1n) is 8.24. The first kappa shape index (κ1) is 14.9. The van der Waals surface area contributed by atoms with Crippen molar-refractivity contribution in [2.75, 3.05) is 20.8 Å². The number of amidine groups is 1. The summed E-state index contributed by atoms with van der Waals surface area (Å²) in [5, 5.41) is 6.69. The fourth-order valence-corrected chi connectivity index (χ4v) is 2.96. The normalized spacial score (nSPS) is 23.4. The van der Waals surface area contributed by atoms with E-state index < -0.39 is 0 Å². The van der Waals surface area contributed by atoms with E-state index >= 15 is 0 Å². The van der Waals surface area contributed by atoms with Crippen molar-refractivity contribution in [3.05, 3.63) is 42.4 Å². The second kappa shape index (κ2) is 6.11. The Hall–Kier alpha value is -2.63. The van der Waals surface area contributed by atoms with E-state index in [1.807, 2.05) is 36.8 Å². The zero-order chi connectivity index (χ0) is 16.5. The number of methoxy groups -OCH3 is 2. The highest BCUT2D eigenvalue weighted by Crippen LogP contribution is 2.33. The molecule has 2 aliphatic heterocycles. The SMILES string of the molecule is COc1cc(OC)cc(C2=CNC3C(=NCC4CC4)NC=CN23)c1. The molecule has 1 saturated carbocycles. The first-order valence-corrected chi connectivity index (χ1v) is 8.24. The molecule has 0 aromatic heterocycles. The Morgan fingerprint density at radius 3 is 2.58 bits per heavy atom. The van der Waals surface area contributed by atoms with Crippen LogP contribution in [0, 0.1) is 5.92 Å². The molecule has 6 heteroatoms. The van der Waals surface area contributed by atoms with Crippen LogP contribution in [-0.4, -0.2) is 37.7 Å². The van der Waals surface area contributed by atoms with Crippen LogP contribution in [0.1, 0.15) is 18.4 Å². The third kappa shape index (κ3) is 2.79. The Labute approximate surface area is 141 Å². The van der Waals surface area contributed by atoms with Crippen molar-refractivity contribution in [2.45, 2.75) is 19.0 Å². The Balaban J connectivity index is 1.60. The molecule has 1 fully saturated rings. The minimum absolute atomic E-state index is 0.0148. The molecular weight excluding hydrogens is 304 g/mol. The van der Waals surface area contributed by atoms with E-state index in [0.717, 1.165) is 41.1 Å². The van der Waals surface area contributed by atoms with Crippen molar-refractivity contribution in [1.82, 2.24) is 15.5 Å². The van der Waals surface area contributed by atoms with Gasteiger partial charge < -0.3 is 25.0 Å². The summed E-state index contributed by atoms with van der Waals surface area (Å²) in [6.07, 6.45) is 8.60. The molecule has 4 rings (SSSR count). The van der Waals surface area contributed by atoms with E-state index in [2.05, 4.69) is 15.5 Å². The van der Waals surface area contributed by atoms with Crippen molar-refractivity contribution in [3.8, 4) is 11.5 Å². The van der Waals surface area contributed by atoms with E-state index in [0.29, 0.717) is 0 Å². The summed E-state index contributed by atoms with van der Waals surface area (Å²) in [5.74, 6) is 3.28. The van der Waals surface area contributed by atoms with Gasteiger partial charge in [-0.2, -0.15) is 0 Å². The summed E-state index contributed by atoms with van der Waals surface area (Å²) < 4.78 is 10.8. The zero-order valence-electron chi connectivity index (χ0n) is 14.0. The molecule has 0 bridgehead atoms. The van der Waals surface area contributed by atoms with Crippen molar-refractivity contribution in [1.29, 1.82) is 0 Å². The van der Waals surface area contributed by atoms with Gasteiger partial charge in [-0.05, 0) is 30.9 Å². The molecule has 6 nitrogen and oxygen atoms in total.